The van der Waals surface area contributed by atoms with Crippen molar-refractivity contribution in [2.75, 3.05) is 11.9 Å². The molecule has 0 spiro atoms. The molecule has 1 N–H and O–H groups in total. The molecular weight excluding hydrogens is 793 g/mol. The molecule has 3 aromatic heterocycles. The van der Waals surface area contributed by atoms with Crippen molar-refractivity contribution >= 4 is 28.9 Å². The number of benzene rings is 3. The summed E-state index contributed by atoms with van der Waals surface area (Å²) < 4.78 is 0. The van der Waals surface area contributed by atoms with Gasteiger partial charge in [-0.25, -0.2) is 9.78 Å². The van der Waals surface area contributed by atoms with Crippen LogP contribution in [-0.2, 0) is 25.5 Å². The number of aromatic carboxylic acids is 1. The number of hydrogen-bond donors (Lipinski definition) is 1. The van der Waals surface area contributed by atoms with E-state index >= 15 is 0 Å². The Morgan fingerprint density at radius 2 is 1.43 bits per heavy atom. The second-order valence-electron chi connectivity index (χ2n) is 11.2. The molecule has 1 aliphatic heterocycles. The van der Waals surface area contributed by atoms with Gasteiger partial charge in [-0.1, -0.05) is 47.6 Å². The summed E-state index contributed by atoms with van der Waals surface area (Å²) in [5.74, 6) is -1.06. The fourth-order valence-electron chi connectivity index (χ4n) is 5.95. The molecule has 0 fully saturated rings. The summed E-state index contributed by atoms with van der Waals surface area (Å²) >= 11 is 0. The van der Waals surface area contributed by atoms with Gasteiger partial charge in [-0.15, -0.1) is 47.5 Å². The number of Topliss-reactive ketones (excluding diaryl/α,β-unsaturated/α-hetero) is 2. The van der Waals surface area contributed by atoms with Crippen LogP contribution in [0.15, 0.2) is 122 Å². The first-order valence-electron chi connectivity index (χ1n) is 15.2. The molecule has 0 saturated heterocycles. The van der Waals surface area contributed by atoms with Gasteiger partial charge in [0, 0.05) is 49.4 Å². The molecule has 6 aromatic rings. The van der Waals surface area contributed by atoms with Crippen molar-refractivity contribution in [2.24, 2.45) is 0 Å². The smallest absolute Gasteiger partial charge is 0.354 e. The Bertz CT molecular complexity index is 2080. The summed E-state index contributed by atoms with van der Waals surface area (Å²) in [6.45, 7) is 3.11. The van der Waals surface area contributed by atoms with Crippen LogP contribution >= 0.6 is 0 Å². The largest absolute Gasteiger partial charge is 0.477 e. The van der Waals surface area contributed by atoms with Gasteiger partial charge in [0.1, 0.15) is 11.5 Å². The molecular formula is C40H30IrN4O4-2. The fraction of sp³-hybridized carbons (Fsp3) is 0.100. The monoisotopic (exact) mass is 823 g/mol. The molecule has 1 radical (unpaired) electrons. The summed E-state index contributed by atoms with van der Waals surface area (Å²) in [5, 5.41) is 8.32. The maximum atomic E-state index is 12.4. The molecule has 0 bridgehead atoms. The van der Waals surface area contributed by atoms with Gasteiger partial charge in [0.05, 0.1) is 11.1 Å². The van der Waals surface area contributed by atoms with E-state index in [1.165, 1.54) is 12.3 Å². The first-order chi connectivity index (χ1) is 23.2. The van der Waals surface area contributed by atoms with E-state index in [9.17, 15) is 14.4 Å². The normalized spacial score (nSPS) is 14.2. The van der Waals surface area contributed by atoms with Crippen LogP contribution in [0.5, 0.6) is 0 Å². The quantitative estimate of drug-likeness (QED) is 0.137. The van der Waals surface area contributed by atoms with Crippen LogP contribution in [0, 0.1) is 12.1 Å². The Kier molecular flexibility index (Phi) is 10.4. The Morgan fingerprint density at radius 1 is 0.735 bits per heavy atom. The second-order valence-corrected chi connectivity index (χ2v) is 11.2. The number of fused-ring (bicyclic) bond motifs is 2. The fourth-order valence-corrected chi connectivity index (χ4v) is 5.95. The van der Waals surface area contributed by atoms with E-state index in [2.05, 4.69) is 17.1 Å². The molecule has 0 aliphatic carbocycles. The van der Waals surface area contributed by atoms with E-state index in [0.717, 1.165) is 45.1 Å². The van der Waals surface area contributed by atoms with Crippen LogP contribution in [0.3, 0.4) is 0 Å². The third-order valence-electron chi connectivity index (χ3n) is 8.28. The summed E-state index contributed by atoms with van der Waals surface area (Å²) in [6.07, 6.45) is 3.22. The second kappa shape index (κ2) is 14.6. The van der Waals surface area contributed by atoms with Crippen molar-refractivity contribution in [2.45, 2.75) is 19.3 Å². The van der Waals surface area contributed by atoms with Crippen molar-refractivity contribution < 1.29 is 39.6 Å². The van der Waals surface area contributed by atoms with E-state index in [4.69, 9.17) is 15.1 Å². The van der Waals surface area contributed by atoms with Crippen LogP contribution in [0.1, 0.15) is 67.6 Å². The molecule has 8 nitrogen and oxygen atoms in total. The minimum Gasteiger partial charge on any atom is -0.477 e. The molecule has 0 unspecified atom stereocenters. The number of rotatable bonds is 6. The minimum absolute atomic E-state index is 0. The van der Waals surface area contributed by atoms with Crippen molar-refractivity contribution in [3.8, 4) is 11.3 Å². The molecule has 0 amide bonds. The van der Waals surface area contributed by atoms with E-state index in [1.54, 1.807) is 38.2 Å². The van der Waals surface area contributed by atoms with Crippen molar-refractivity contribution in [1.82, 2.24) is 15.0 Å². The number of hydrogen-bond acceptors (Lipinski definition) is 7. The van der Waals surface area contributed by atoms with Gasteiger partial charge in [0.25, 0.3) is 0 Å². The van der Waals surface area contributed by atoms with Crippen LogP contribution in [0.25, 0.3) is 11.3 Å². The van der Waals surface area contributed by atoms with Crippen LogP contribution in [0.4, 0.5) is 11.4 Å². The van der Waals surface area contributed by atoms with Crippen LogP contribution < -0.4 is 4.90 Å². The van der Waals surface area contributed by atoms with Gasteiger partial charge in [0.15, 0.2) is 5.78 Å². The third kappa shape index (κ3) is 6.59. The topological polar surface area (TPSA) is 113 Å². The van der Waals surface area contributed by atoms with Crippen LogP contribution in [-0.4, -0.2) is 44.6 Å². The van der Waals surface area contributed by atoms with E-state index < -0.39 is 11.4 Å². The standard InChI is InChI=1S/C34H25N3O2.C6H5NO2.Ir/c1-22(38)25-15-17-27-30(20-25)37(3)31-21-26(23(2)39)16-18-28(31)34(27,32-13-7-8-19-35-32)33-14-9-12-29(36-33)24-10-5-4-6-11-24;8-6(9)5-3-1-2-4-7-5;/h4-10,12-17,19-21H,1-3H3;1-4H,(H,8,9);/q-2;;/t34-;;/m0../s1. The van der Waals surface area contributed by atoms with Gasteiger partial charge in [-0.3, -0.25) is 14.8 Å². The molecule has 3 aromatic carbocycles. The number of nitrogens with zero attached hydrogens (tertiary/aromatic N) is 4. The van der Waals surface area contributed by atoms with E-state index in [0.29, 0.717) is 11.1 Å². The summed E-state index contributed by atoms with van der Waals surface area (Å²) in [4.78, 5) is 50.7. The summed E-state index contributed by atoms with van der Waals surface area (Å²) in [5.41, 5.74) is 6.87. The molecule has 9 heteroatoms. The number of anilines is 2. The van der Waals surface area contributed by atoms with Gasteiger partial charge < -0.3 is 14.8 Å². The molecule has 1 atom stereocenters. The SMILES string of the molecule is CC(=O)c1c[c-]c2c(c1)N(C)c1cc(C(C)=O)ccc1[C@]2(c1ccccn1)c1cccc(-c2[c-]cccc2)n1.O=C(O)c1ccccn1.[Ir]. The molecule has 1 aliphatic rings. The Labute approximate surface area is 297 Å². The zero-order valence-electron chi connectivity index (χ0n) is 26.8. The summed E-state index contributed by atoms with van der Waals surface area (Å²) in [7, 11) is 1.95. The van der Waals surface area contributed by atoms with Crippen LogP contribution in [0.2, 0.25) is 0 Å². The zero-order chi connectivity index (χ0) is 33.8. The van der Waals surface area contributed by atoms with Crippen molar-refractivity contribution in [3.63, 3.8) is 0 Å². The average Bonchev–Trinajstić information content (AvgIpc) is 3.13. The number of carboxylic acids is 1. The maximum absolute atomic E-state index is 12.4. The number of carbonyl (C=O) groups is 3. The first-order valence-corrected chi connectivity index (χ1v) is 15.2. The van der Waals surface area contributed by atoms with Gasteiger partial charge in [-0.2, -0.15) is 12.1 Å². The number of carbonyl (C=O) groups excluding carboxylic acids is 2. The predicted octanol–water partition coefficient (Wildman–Crippen LogP) is 7.39. The van der Waals surface area contributed by atoms with Gasteiger partial charge >= 0.3 is 5.97 Å². The third-order valence-corrected chi connectivity index (χ3v) is 8.28. The molecule has 49 heavy (non-hydrogen) atoms. The first kappa shape index (κ1) is 34.7. The van der Waals surface area contributed by atoms with E-state index in [1.807, 2.05) is 96.9 Å². The van der Waals surface area contributed by atoms with Gasteiger partial charge in [-0.05, 0) is 68.6 Å². The minimum atomic E-state index is -0.990. The van der Waals surface area contributed by atoms with Crippen molar-refractivity contribution in [3.05, 3.63) is 173 Å². The predicted molar refractivity (Wildman–Crippen MR) is 183 cm³/mol. The molecule has 7 rings (SSSR count). The summed E-state index contributed by atoms with van der Waals surface area (Å²) in [6, 6.07) is 40.5. The Hall–Kier alpha value is -5.63. The van der Waals surface area contributed by atoms with Gasteiger partial charge in [0.2, 0.25) is 0 Å². The molecule has 245 valence electrons. The number of carboxylic acid groups (broad SMARTS) is 1. The number of aromatic nitrogens is 3. The zero-order valence-corrected chi connectivity index (χ0v) is 29.2. The Balaban J connectivity index is 0.000000409. The Morgan fingerprint density at radius 3 is 2.04 bits per heavy atom. The van der Waals surface area contributed by atoms with E-state index in [-0.39, 0.29) is 37.4 Å². The molecule has 0 saturated carbocycles. The maximum Gasteiger partial charge on any atom is 0.354 e. The number of ketones is 2. The van der Waals surface area contributed by atoms with Crippen molar-refractivity contribution in [1.29, 1.82) is 0 Å². The average molecular weight is 823 g/mol. The number of pyridine rings is 3. The molecule has 4 heterocycles.